The molecular weight excluding hydrogens is 252 g/mol. The van der Waals surface area contributed by atoms with Gasteiger partial charge in [0.2, 0.25) is 0 Å². The standard InChI is InChI=1S/C16H18N2O2/c1-2-12-6-7-15(20-12)16(19)18-9-8-11-4-3-5-14(17)13(11)10-18/h3-7H,2,8-10,17H2,1H3. The topological polar surface area (TPSA) is 59.5 Å². The molecule has 2 aromatic rings. The van der Waals surface area contributed by atoms with Crippen LogP contribution >= 0.6 is 0 Å². The zero-order valence-electron chi connectivity index (χ0n) is 11.6. The van der Waals surface area contributed by atoms with Crippen molar-refractivity contribution in [2.75, 3.05) is 12.3 Å². The van der Waals surface area contributed by atoms with Crippen molar-refractivity contribution >= 4 is 11.6 Å². The largest absolute Gasteiger partial charge is 0.456 e. The van der Waals surface area contributed by atoms with Crippen LogP contribution in [0, 0.1) is 0 Å². The molecule has 0 atom stereocenters. The van der Waals surface area contributed by atoms with Gasteiger partial charge in [0.25, 0.3) is 5.91 Å². The fraction of sp³-hybridized carbons (Fsp3) is 0.312. The first-order valence-electron chi connectivity index (χ1n) is 6.93. The Bertz CT molecular complexity index is 646. The molecule has 20 heavy (non-hydrogen) atoms. The maximum atomic E-state index is 12.4. The number of hydrogen-bond donors (Lipinski definition) is 1. The van der Waals surface area contributed by atoms with Crippen molar-refractivity contribution in [2.45, 2.75) is 26.3 Å². The van der Waals surface area contributed by atoms with Crippen molar-refractivity contribution in [3.05, 3.63) is 53.0 Å². The summed E-state index contributed by atoms with van der Waals surface area (Å²) in [4.78, 5) is 14.2. The number of amides is 1. The average molecular weight is 270 g/mol. The molecular formula is C16H18N2O2. The number of carbonyl (C=O) groups excluding carboxylic acids is 1. The second-order valence-corrected chi connectivity index (χ2v) is 5.08. The summed E-state index contributed by atoms with van der Waals surface area (Å²) in [7, 11) is 0. The van der Waals surface area contributed by atoms with E-state index in [2.05, 4.69) is 6.07 Å². The minimum Gasteiger partial charge on any atom is -0.456 e. The Morgan fingerprint density at radius 1 is 1.35 bits per heavy atom. The van der Waals surface area contributed by atoms with Crippen LogP contribution in [0.15, 0.2) is 34.7 Å². The van der Waals surface area contributed by atoms with E-state index >= 15 is 0 Å². The second-order valence-electron chi connectivity index (χ2n) is 5.08. The normalized spacial score (nSPS) is 14.2. The highest BCUT2D eigenvalue weighted by atomic mass is 16.4. The van der Waals surface area contributed by atoms with Crippen LogP contribution in [0.1, 0.15) is 34.4 Å². The summed E-state index contributed by atoms with van der Waals surface area (Å²) in [5, 5.41) is 0. The van der Waals surface area contributed by atoms with Gasteiger partial charge < -0.3 is 15.1 Å². The third-order valence-electron chi connectivity index (χ3n) is 3.82. The zero-order chi connectivity index (χ0) is 14.1. The maximum Gasteiger partial charge on any atom is 0.289 e. The van der Waals surface area contributed by atoms with E-state index in [-0.39, 0.29) is 5.91 Å². The Kier molecular flexibility index (Phi) is 3.22. The van der Waals surface area contributed by atoms with Crippen molar-refractivity contribution in [2.24, 2.45) is 0 Å². The fourth-order valence-electron chi connectivity index (χ4n) is 2.62. The number of fused-ring (bicyclic) bond motifs is 1. The lowest BCUT2D eigenvalue weighted by Crippen LogP contribution is -2.36. The van der Waals surface area contributed by atoms with Crippen LogP contribution in [0.3, 0.4) is 0 Å². The van der Waals surface area contributed by atoms with Crippen LogP contribution in [-0.4, -0.2) is 17.4 Å². The van der Waals surface area contributed by atoms with Crippen LogP contribution in [0.4, 0.5) is 5.69 Å². The van der Waals surface area contributed by atoms with E-state index < -0.39 is 0 Å². The summed E-state index contributed by atoms with van der Waals surface area (Å²) >= 11 is 0. The predicted octanol–water partition coefficient (Wildman–Crippen LogP) is 2.62. The molecule has 3 rings (SSSR count). The van der Waals surface area contributed by atoms with Crippen LogP contribution in [0.2, 0.25) is 0 Å². The summed E-state index contributed by atoms with van der Waals surface area (Å²) in [6.45, 7) is 3.27. The summed E-state index contributed by atoms with van der Waals surface area (Å²) in [5.41, 5.74) is 9.07. The van der Waals surface area contributed by atoms with Crippen LogP contribution in [0.25, 0.3) is 0 Å². The first-order chi connectivity index (χ1) is 9.69. The molecule has 0 fully saturated rings. The minimum atomic E-state index is -0.0568. The van der Waals surface area contributed by atoms with Gasteiger partial charge in [-0.3, -0.25) is 4.79 Å². The van der Waals surface area contributed by atoms with Crippen molar-refractivity contribution in [1.82, 2.24) is 4.90 Å². The number of aryl methyl sites for hydroxylation is 1. The smallest absolute Gasteiger partial charge is 0.289 e. The molecule has 1 aliphatic heterocycles. The Morgan fingerprint density at radius 2 is 2.20 bits per heavy atom. The molecule has 0 saturated carbocycles. The summed E-state index contributed by atoms with van der Waals surface area (Å²) in [6, 6.07) is 9.54. The molecule has 1 amide bonds. The monoisotopic (exact) mass is 270 g/mol. The van der Waals surface area contributed by atoms with E-state index in [0.29, 0.717) is 18.8 Å². The summed E-state index contributed by atoms with van der Waals surface area (Å²) in [5.74, 6) is 1.20. The quantitative estimate of drug-likeness (QED) is 0.853. The lowest BCUT2D eigenvalue weighted by atomic mass is 9.98. The number of anilines is 1. The zero-order valence-corrected chi connectivity index (χ0v) is 11.6. The molecule has 0 unspecified atom stereocenters. The molecule has 0 radical (unpaired) electrons. The highest BCUT2D eigenvalue weighted by molar-refractivity contribution is 5.91. The summed E-state index contributed by atoms with van der Waals surface area (Å²) < 4.78 is 5.54. The van der Waals surface area contributed by atoms with Crippen molar-refractivity contribution in [1.29, 1.82) is 0 Å². The van der Waals surface area contributed by atoms with Gasteiger partial charge in [0, 0.05) is 25.2 Å². The van der Waals surface area contributed by atoms with E-state index in [1.807, 2.05) is 25.1 Å². The SMILES string of the molecule is CCc1ccc(C(=O)N2CCc3cccc(N)c3C2)o1. The van der Waals surface area contributed by atoms with Crippen LogP contribution in [0.5, 0.6) is 0 Å². The number of nitrogen functional groups attached to an aromatic ring is 1. The van der Waals surface area contributed by atoms with Gasteiger partial charge in [0.15, 0.2) is 5.76 Å². The molecule has 2 heterocycles. The minimum absolute atomic E-state index is 0.0568. The van der Waals surface area contributed by atoms with Gasteiger partial charge in [-0.2, -0.15) is 0 Å². The first kappa shape index (κ1) is 12.8. The van der Waals surface area contributed by atoms with Crippen molar-refractivity contribution < 1.29 is 9.21 Å². The highest BCUT2D eigenvalue weighted by Gasteiger charge is 2.24. The lowest BCUT2D eigenvalue weighted by molar-refractivity contribution is 0.0701. The lowest BCUT2D eigenvalue weighted by Gasteiger charge is -2.29. The molecule has 1 aliphatic rings. The van der Waals surface area contributed by atoms with E-state index in [4.69, 9.17) is 10.2 Å². The average Bonchev–Trinajstić information content (AvgIpc) is 2.95. The number of rotatable bonds is 2. The van der Waals surface area contributed by atoms with Crippen LogP contribution < -0.4 is 5.73 Å². The first-order valence-corrected chi connectivity index (χ1v) is 6.93. The van der Waals surface area contributed by atoms with Crippen molar-refractivity contribution in [3.63, 3.8) is 0 Å². The predicted molar refractivity (Wildman–Crippen MR) is 77.4 cm³/mol. The fourth-order valence-corrected chi connectivity index (χ4v) is 2.62. The van der Waals surface area contributed by atoms with Gasteiger partial charge in [-0.25, -0.2) is 0 Å². The molecule has 4 nitrogen and oxygen atoms in total. The Morgan fingerprint density at radius 3 is 2.95 bits per heavy atom. The van der Waals surface area contributed by atoms with Crippen molar-refractivity contribution in [3.8, 4) is 0 Å². The van der Waals surface area contributed by atoms with Gasteiger partial charge in [-0.05, 0) is 35.7 Å². The third-order valence-corrected chi connectivity index (χ3v) is 3.82. The van der Waals surface area contributed by atoms with Gasteiger partial charge in [-0.15, -0.1) is 0 Å². The molecule has 4 heteroatoms. The number of hydrogen-bond acceptors (Lipinski definition) is 3. The molecule has 0 saturated heterocycles. The van der Waals surface area contributed by atoms with E-state index in [1.165, 1.54) is 5.56 Å². The highest BCUT2D eigenvalue weighted by Crippen LogP contribution is 2.25. The molecule has 0 bridgehead atoms. The number of carbonyl (C=O) groups is 1. The van der Waals surface area contributed by atoms with Crippen LogP contribution in [-0.2, 0) is 19.4 Å². The molecule has 0 aliphatic carbocycles. The molecule has 0 spiro atoms. The molecule has 104 valence electrons. The Balaban J connectivity index is 1.83. The second kappa shape index (κ2) is 5.04. The van der Waals surface area contributed by atoms with Gasteiger partial charge in [0.05, 0.1) is 0 Å². The number of furan rings is 1. The van der Waals surface area contributed by atoms with Gasteiger partial charge in [-0.1, -0.05) is 19.1 Å². The van der Waals surface area contributed by atoms with Gasteiger partial charge >= 0.3 is 0 Å². The molecule has 1 aromatic heterocycles. The number of benzene rings is 1. The summed E-state index contributed by atoms with van der Waals surface area (Å²) in [6.07, 6.45) is 1.64. The van der Waals surface area contributed by atoms with E-state index in [1.54, 1.807) is 11.0 Å². The Hall–Kier alpha value is -2.23. The van der Waals surface area contributed by atoms with E-state index in [9.17, 15) is 4.79 Å². The van der Waals surface area contributed by atoms with Gasteiger partial charge in [0.1, 0.15) is 5.76 Å². The maximum absolute atomic E-state index is 12.4. The molecule has 2 N–H and O–H groups in total. The van der Waals surface area contributed by atoms with E-state index in [0.717, 1.165) is 29.9 Å². The Labute approximate surface area is 118 Å². The third kappa shape index (κ3) is 2.18. The number of nitrogens with zero attached hydrogens (tertiary/aromatic N) is 1. The molecule has 1 aromatic carbocycles. The number of nitrogens with two attached hydrogens (primary N) is 1.